The van der Waals surface area contributed by atoms with Crippen LogP contribution in [0.2, 0.25) is 0 Å². The van der Waals surface area contributed by atoms with Crippen molar-refractivity contribution in [2.75, 3.05) is 6.54 Å². The summed E-state index contributed by atoms with van der Waals surface area (Å²) in [6, 6.07) is 3.42. The molecular weight excluding hydrogens is 553 g/mol. The van der Waals surface area contributed by atoms with Crippen molar-refractivity contribution in [1.82, 2.24) is 4.90 Å². The number of aliphatic carboxylic acids is 1. The standard InChI is InChI=1S/C28H30F9NO2/c1-16(2)3-10-23(21-15-20(27(32,33)34)8-9-22(21)28(35,36)37)38-12-11-17(14-25(39)40)13-24(38)18-4-6-19(7-5-18)26(29,30)31/h4-9,15-17,23-24H,3,10-14H2,1-2H3,(H,39,40)/t17-,23+,24+/m1/s1. The summed E-state index contributed by atoms with van der Waals surface area (Å²) in [5.41, 5.74) is -3.63. The lowest BCUT2D eigenvalue weighted by atomic mass is 9.81. The Balaban J connectivity index is 2.18. The maximum atomic E-state index is 14.1. The Labute approximate surface area is 226 Å². The number of hydrogen-bond donors (Lipinski definition) is 1. The van der Waals surface area contributed by atoms with Gasteiger partial charge in [0.2, 0.25) is 0 Å². The van der Waals surface area contributed by atoms with E-state index in [1.165, 1.54) is 12.1 Å². The molecule has 2 aromatic rings. The number of carboxylic acids is 1. The fourth-order valence-electron chi connectivity index (χ4n) is 5.35. The molecule has 1 fully saturated rings. The molecule has 12 heteroatoms. The molecule has 3 rings (SSSR count). The number of carboxylic acid groups (broad SMARTS) is 1. The minimum absolute atomic E-state index is 0.00305. The van der Waals surface area contributed by atoms with Gasteiger partial charge in [0.15, 0.2) is 0 Å². The Bertz CT molecular complexity index is 1150. The zero-order valence-corrected chi connectivity index (χ0v) is 21.8. The normalized spacial score (nSPS) is 20.1. The predicted octanol–water partition coefficient (Wildman–Crippen LogP) is 9.15. The molecule has 1 heterocycles. The Morgan fingerprint density at radius 2 is 1.45 bits per heavy atom. The summed E-state index contributed by atoms with van der Waals surface area (Å²) in [6.07, 6.45) is -14.0. The minimum Gasteiger partial charge on any atom is -0.481 e. The first kappa shape index (κ1) is 31.8. The van der Waals surface area contributed by atoms with E-state index in [0.29, 0.717) is 30.2 Å². The van der Waals surface area contributed by atoms with Gasteiger partial charge in [0.25, 0.3) is 0 Å². The van der Waals surface area contributed by atoms with Crippen LogP contribution in [0.4, 0.5) is 39.5 Å². The zero-order valence-electron chi connectivity index (χ0n) is 21.8. The molecule has 0 aromatic heterocycles. The van der Waals surface area contributed by atoms with Crippen LogP contribution in [0.5, 0.6) is 0 Å². The Morgan fingerprint density at radius 1 is 0.875 bits per heavy atom. The van der Waals surface area contributed by atoms with Crippen LogP contribution in [0.1, 0.15) is 85.9 Å². The van der Waals surface area contributed by atoms with Crippen LogP contribution in [-0.2, 0) is 23.3 Å². The van der Waals surface area contributed by atoms with Crippen molar-refractivity contribution in [2.24, 2.45) is 11.8 Å². The van der Waals surface area contributed by atoms with Crippen molar-refractivity contribution in [1.29, 1.82) is 0 Å². The molecule has 0 spiro atoms. The highest BCUT2D eigenvalue weighted by Crippen LogP contribution is 2.47. The summed E-state index contributed by atoms with van der Waals surface area (Å²) < 4.78 is 123. The number of benzene rings is 2. The molecule has 222 valence electrons. The fourth-order valence-corrected chi connectivity index (χ4v) is 5.35. The van der Waals surface area contributed by atoms with E-state index in [1.807, 2.05) is 13.8 Å². The molecule has 0 aliphatic carbocycles. The lowest BCUT2D eigenvalue weighted by Crippen LogP contribution is -2.41. The summed E-state index contributed by atoms with van der Waals surface area (Å²) in [5, 5.41) is 9.31. The van der Waals surface area contributed by atoms with Crippen LogP contribution < -0.4 is 0 Å². The van der Waals surface area contributed by atoms with Gasteiger partial charge in [-0.1, -0.05) is 26.0 Å². The fraction of sp³-hybridized carbons (Fsp3) is 0.536. The minimum atomic E-state index is -4.96. The SMILES string of the molecule is CC(C)CC[C@@H](c1cc(C(F)(F)F)ccc1C(F)(F)F)N1CC[C@@H](CC(=O)O)C[C@H]1c1ccc(C(F)(F)F)cc1. The van der Waals surface area contributed by atoms with E-state index in [0.717, 1.165) is 12.1 Å². The van der Waals surface area contributed by atoms with Gasteiger partial charge in [-0.25, -0.2) is 0 Å². The third kappa shape index (κ3) is 7.92. The molecule has 3 atom stereocenters. The third-order valence-corrected chi connectivity index (χ3v) is 7.30. The topological polar surface area (TPSA) is 40.5 Å². The molecule has 0 bridgehead atoms. The van der Waals surface area contributed by atoms with Gasteiger partial charge in [-0.05, 0) is 85.5 Å². The molecule has 3 nitrogen and oxygen atoms in total. The summed E-state index contributed by atoms with van der Waals surface area (Å²) in [4.78, 5) is 13.0. The number of halogens is 9. The first-order valence-corrected chi connectivity index (χ1v) is 12.8. The maximum Gasteiger partial charge on any atom is 0.416 e. The van der Waals surface area contributed by atoms with Crippen LogP contribution in [0, 0.1) is 11.8 Å². The molecule has 1 saturated heterocycles. The Hall–Kier alpha value is -2.76. The number of rotatable bonds is 8. The Kier molecular flexibility index (Phi) is 9.53. The van der Waals surface area contributed by atoms with Crippen LogP contribution in [0.3, 0.4) is 0 Å². The molecular formula is C28H30F9NO2. The number of hydrogen-bond acceptors (Lipinski definition) is 2. The van der Waals surface area contributed by atoms with Gasteiger partial charge in [-0.15, -0.1) is 0 Å². The lowest BCUT2D eigenvalue weighted by molar-refractivity contribution is -0.142. The van der Waals surface area contributed by atoms with Gasteiger partial charge in [-0.3, -0.25) is 9.69 Å². The third-order valence-electron chi connectivity index (χ3n) is 7.30. The second kappa shape index (κ2) is 12.0. The maximum absolute atomic E-state index is 14.1. The summed E-state index contributed by atoms with van der Waals surface area (Å²) in [6.45, 7) is 3.69. The van der Waals surface area contributed by atoms with Gasteiger partial charge in [0, 0.05) is 18.5 Å². The molecule has 0 radical (unpaired) electrons. The number of alkyl halides is 9. The number of nitrogens with zero attached hydrogens (tertiary/aromatic N) is 1. The highest BCUT2D eigenvalue weighted by molar-refractivity contribution is 5.67. The van der Waals surface area contributed by atoms with Crippen LogP contribution in [-0.4, -0.2) is 22.5 Å². The lowest BCUT2D eigenvalue weighted by Gasteiger charge is -2.45. The first-order valence-electron chi connectivity index (χ1n) is 12.8. The van der Waals surface area contributed by atoms with Crippen molar-refractivity contribution in [3.63, 3.8) is 0 Å². The van der Waals surface area contributed by atoms with E-state index in [-0.39, 0.29) is 38.1 Å². The van der Waals surface area contributed by atoms with Crippen molar-refractivity contribution < 1.29 is 49.4 Å². The molecule has 1 N–H and O–H groups in total. The monoisotopic (exact) mass is 583 g/mol. The molecule has 40 heavy (non-hydrogen) atoms. The average molecular weight is 584 g/mol. The molecule has 1 aliphatic rings. The van der Waals surface area contributed by atoms with E-state index < -0.39 is 64.8 Å². The van der Waals surface area contributed by atoms with Crippen molar-refractivity contribution in [2.45, 2.75) is 76.6 Å². The predicted molar refractivity (Wildman–Crippen MR) is 129 cm³/mol. The summed E-state index contributed by atoms with van der Waals surface area (Å²) in [5.74, 6) is -1.52. The quantitative estimate of drug-likeness (QED) is 0.315. The number of piperidine rings is 1. The smallest absolute Gasteiger partial charge is 0.416 e. The zero-order chi connectivity index (χ0) is 30.0. The molecule has 0 unspecified atom stereocenters. The molecule has 0 amide bonds. The highest BCUT2D eigenvalue weighted by Gasteiger charge is 2.42. The van der Waals surface area contributed by atoms with E-state index in [9.17, 15) is 49.4 Å². The molecule has 2 aromatic carbocycles. The van der Waals surface area contributed by atoms with E-state index in [4.69, 9.17) is 0 Å². The molecule has 0 saturated carbocycles. The van der Waals surface area contributed by atoms with Gasteiger partial charge in [-0.2, -0.15) is 39.5 Å². The van der Waals surface area contributed by atoms with Crippen LogP contribution >= 0.6 is 0 Å². The van der Waals surface area contributed by atoms with Crippen molar-refractivity contribution in [3.8, 4) is 0 Å². The van der Waals surface area contributed by atoms with E-state index >= 15 is 0 Å². The largest absolute Gasteiger partial charge is 0.481 e. The first-order chi connectivity index (χ1) is 18.4. The second-order valence-electron chi connectivity index (χ2n) is 10.6. The van der Waals surface area contributed by atoms with E-state index in [1.54, 1.807) is 4.90 Å². The highest BCUT2D eigenvalue weighted by atomic mass is 19.4. The van der Waals surface area contributed by atoms with Gasteiger partial charge in [0.05, 0.1) is 16.7 Å². The number of likely N-dealkylation sites (tertiary alicyclic amines) is 1. The van der Waals surface area contributed by atoms with Gasteiger partial charge < -0.3 is 5.11 Å². The van der Waals surface area contributed by atoms with Gasteiger partial charge in [0.1, 0.15) is 0 Å². The van der Waals surface area contributed by atoms with Crippen molar-refractivity contribution >= 4 is 5.97 Å². The summed E-state index contributed by atoms with van der Waals surface area (Å²) in [7, 11) is 0. The second-order valence-corrected chi connectivity index (χ2v) is 10.6. The average Bonchev–Trinajstić information content (AvgIpc) is 2.82. The Morgan fingerprint density at radius 3 is 1.95 bits per heavy atom. The van der Waals surface area contributed by atoms with Gasteiger partial charge >= 0.3 is 24.5 Å². The van der Waals surface area contributed by atoms with Crippen LogP contribution in [0.25, 0.3) is 0 Å². The van der Waals surface area contributed by atoms with Crippen molar-refractivity contribution in [3.05, 3.63) is 70.3 Å². The number of carbonyl (C=O) groups is 1. The summed E-state index contributed by atoms with van der Waals surface area (Å²) >= 11 is 0. The van der Waals surface area contributed by atoms with Crippen LogP contribution in [0.15, 0.2) is 42.5 Å². The van der Waals surface area contributed by atoms with E-state index in [2.05, 4.69) is 0 Å². The molecule has 1 aliphatic heterocycles.